The summed E-state index contributed by atoms with van der Waals surface area (Å²) in [5.41, 5.74) is 4.42. The Morgan fingerprint density at radius 3 is 2.50 bits per heavy atom. The maximum atomic E-state index is 6.54. The topological polar surface area (TPSA) is 43.6 Å². The zero-order valence-electron chi connectivity index (χ0n) is 16.1. The van der Waals surface area contributed by atoms with Crippen LogP contribution in [0.2, 0.25) is 15.1 Å². The summed E-state index contributed by atoms with van der Waals surface area (Å²) < 4.78 is 1.85. The van der Waals surface area contributed by atoms with Crippen LogP contribution in [0.3, 0.4) is 0 Å². The maximum absolute atomic E-state index is 6.54. The molecule has 1 fully saturated rings. The molecule has 30 heavy (non-hydrogen) atoms. The van der Waals surface area contributed by atoms with Crippen molar-refractivity contribution in [1.29, 1.82) is 0 Å². The second kappa shape index (κ2) is 7.97. The van der Waals surface area contributed by atoms with Crippen LogP contribution in [-0.4, -0.2) is 20.0 Å². The van der Waals surface area contributed by atoms with E-state index in [4.69, 9.17) is 39.9 Å². The molecule has 152 valence electrons. The SMILES string of the molecule is Cc1c(-c2nnc(C3CCC3)s2)nn(-c2ccc(Cl)cc2Cl)c1-c1cccc(Cl)c1. The fourth-order valence-electron chi connectivity index (χ4n) is 3.65. The normalized spacial score (nSPS) is 14.1. The molecule has 0 radical (unpaired) electrons. The lowest BCUT2D eigenvalue weighted by molar-refractivity contribution is 0.416. The van der Waals surface area contributed by atoms with Gasteiger partial charge < -0.3 is 0 Å². The number of aromatic nitrogens is 4. The Hall–Kier alpha value is -1.92. The van der Waals surface area contributed by atoms with Gasteiger partial charge in [0.05, 0.1) is 16.4 Å². The van der Waals surface area contributed by atoms with Gasteiger partial charge in [-0.05, 0) is 50.1 Å². The first-order valence-electron chi connectivity index (χ1n) is 9.66. The number of hydrogen-bond donors (Lipinski definition) is 0. The summed E-state index contributed by atoms with van der Waals surface area (Å²) in [5.74, 6) is 0.539. The van der Waals surface area contributed by atoms with Gasteiger partial charge in [-0.2, -0.15) is 5.10 Å². The molecule has 2 aromatic heterocycles. The Morgan fingerprint density at radius 1 is 1.00 bits per heavy atom. The first-order valence-corrected chi connectivity index (χ1v) is 11.6. The summed E-state index contributed by atoms with van der Waals surface area (Å²) in [5, 5.41) is 17.5. The van der Waals surface area contributed by atoms with E-state index >= 15 is 0 Å². The first kappa shape index (κ1) is 20.0. The van der Waals surface area contributed by atoms with E-state index < -0.39 is 0 Å². The molecule has 2 aromatic carbocycles. The zero-order valence-corrected chi connectivity index (χ0v) is 19.2. The molecule has 0 unspecified atom stereocenters. The van der Waals surface area contributed by atoms with Crippen molar-refractivity contribution in [3.63, 3.8) is 0 Å². The number of rotatable bonds is 4. The van der Waals surface area contributed by atoms with Crippen molar-refractivity contribution < 1.29 is 0 Å². The highest BCUT2D eigenvalue weighted by atomic mass is 35.5. The molecule has 0 bridgehead atoms. The fraction of sp³-hybridized carbons (Fsp3) is 0.227. The van der Waals surface area contributed by atoms with Crippen molar-refractivity contribution in [2.24, 2.45) is 0 Å². The molecule has 1 aliphatic rings. The molecule has 1 saturated carbocycles. The van der Waals surface area contributed by atoms with Crippen LogP contribution in [0.1, 0.15) is 35.8 Å². The van der Waals surface area contributed by atoms with E-state index in [1.807, 2.05) is 41.9 Å². The Labute approximate surface area is 193 Å². The van der Waals surface area contributed by atoms with E-state index in [0.717, 1.165) is 38.2 Å². The van der Waals surface area contributed by atoms with Crippen molar-refractivity contribution in [3.05, 3.63) is 68.1 Å². The molecule has 1 aliphatic carbocycles. The van der Waals surface area contributed by atoms with Crippen LogP contribution < -0.4 is 0 Å². The Kier molecular flexibility index (Phi) is 5.31. The second-order valence-electron chi connectivity index (χ2n) is 7.41. The molecular formula is C22H17Cl3N4S. The van der Waals surface area contributed by atoms with Gasteiger partial charge in [0.2, 0.25) is 0 Å². The van der Waals surface area contributed by atoms with Gasteiger partial charge in [0.25, 0.3) is 0 Å². The van der Waals surface area contributed by atoms with Gasteiger partial charge in [-0.25, -0.2) is 4.68 Å². The molecule has 0 spiro atoms. The van der Waals surface area contributed by atoms with Crippen molar-refractivity contribution >= 4 is 46.1 Å². The third kappa shape index (κ3) is 3.54. The van der Waals surface area contributed by atoms with Crippen LogP contribution in [-0.2, 0) is 0 Å². The lowest BCUT2D eigenvalue weighted by atomic mass is 9.86. The van der Waals surface area contributed by atoms with E-state index in [-0.39, 0.29) is 0 Å². The molecule has 4 nitrogen and oxygen atoms in total. The van der Waals surface area contributed by atoms with Crippen LogP contribution in [0.15, 0.2) is 42.5 Å². The Morgan fingerprint density at radius 2 is 1.80 bits per heavy atom. The summed E-state index contributed by atoms with van der Waals surface area (Å²) in [7, 11) is 0. The summed E-state index contributed by atoms with van der Waals surface area (Å²) in [4.78, 5) is 0. The Bertz CT molecular complexity index is 1240. The summed E-state index contributed by atoms with van der Waals surface area (Å²) in [6, 6.07) is 13.1. The lowest BCUT2D eigenvalue weighted by Crippen LogP contribution is -2.07. The van der Waals surface area contributed by atoms with E-state index in [9.17, 15) is 0 Å². The van der Waals surface area contributed by atoms with Gasteiger partial charge in [0, 0.05) is 27.1 Å². The predicted molar refractivity (Wildman–Crippen MR) is 124 cm³/mol. The van der Waals surface area contributed by atoms with Gasteiger partial charge in [-0.3, -0.25) is 0 Å². The third-order valence-corrected chi connectivity index (χ3v) is 7.32. The largest absolute Gasteiger partial charge is 0.231 e. The monoisotopic (exact) mass is 474 g/mol. The summed E-state index contributed by atoms with van der Waals surface area (Å²) in [6.45, 7) is 2.04. The molecule has 0 amide bonds. The average molecular weight is 476 g/mol. The molecule has 2 heterocycles. The molecule has 0 atom stereocenters. The van der Waals surface area contributed by atoms with Crippen LogP contribution in [0.4, 0.5) is 0 Å². The van der Waals surface area contributed by atoms with E-state index in [1.54, 1.807) is 23.5 Å². The van der Waals surface area contributed by atoms with Crippen molar-refractivity contribution in [2.45, 2.75) is 32.1 Å². The average Bonchev–Trinajstić information content (AvgIpc) is 3.25. The molecule has 5 rings (SSSR count). The van der Waals surface area contributed by atoms with Gasteiger partial charge in [-0.1, -0.05) is 64.7 Å². The zero-order chi connectivity index (χ0) is 20.8. The van der Waals surface area contributed by atoms with Gasteiger partial charge in [0.1, 0.15) is 10.7 Å². The highest BCUT2D eigenvalue weighted by Crippen LogP contribution is 2.41. The molecule has 0 aliphatic heterocycles. The van der Waals surface area contributed by atoms with Crippen LogP contribution in [0.5, 0.6) is 0 Å². The highest BCUT2D eigenvalue weighted by molar-refractivity contribution is 7.14. The quantitative estimate of drug-likeness (QED) is 0.305. The predicted octanol–water partition coefficient (Wildman–Crippen LogP) is 7.59. The van der Waals surface area contributed by atoms with Crippen molar-refractivity contribution in [2.75, 3.05) is 0 Å². The molecule has 0 saturated heterocycles. The minimum Gasteiger partial charge on any atom is -0.231 e. The molecule has 8 heteroatoms. The lowest BCUT2D eigenvalue weighted by Gasteiger charge is -2.21. The second-order valence-corrected chi connectivity index (χ2v) is 9.70. The van der Waals surface area contributed by atoms with Crippen molar-refractivity contribution in [1.82, 2.24) is 20.0 Å². The van der Waals surface area contributed by atoms with Crippen LogP contribution in [0.25, 0.3) is 27.6 Å². The molecule has 4 aromatic rings. The Balaban J connectivity index is 1.70. The number of halogens is 3. The maximum Gasteiger partial charge on any atom is 0.168 e. The van der Waals surface area contributed by atoms with Crippen LogP contribution >= 0.6 is 46.1 Å². The number of nitrogens with zero attached hydrogens (tertiary/aromatic N) is 4. The number of benzene rings is 2. The molecule has 0 N–H and O–H groups in total. The molecular weight excluding hydrogens is 459 g/mol. The standard InChI is InChI=1S/C22H17Cl3N4S/c1-12-19(22-27-26-21(30-22)13-4-2-5-13)28-29(18-9-8-16(24)11-17(18)25)20(12)14-6-3-7-15(23)10-14/h3,6-11,13H,2,4-5H2,1H3. The highest BCUT2D eigenvalue weighted by Gasteiger charge is 2.26. The first-order chi connectivity index (χ1) is 14.5. The van der Waals surface area contributed by atoms with Gasteiger partial charge in [-0.15, -0.1) is 10.2 Å². The fourth-order valence-corrected chi connectivity index (χ4v) is 5.38. The van der Waals surface area contributed by atoms with Gasteiger partial charge in [0.15, 0.2) is 5.01 Å². The summed E-state index contributed by atoms with van der Waals surface area (Å²) in [6.07, 6.45) is 3.65. The third-order valence-electron chi connectivity index (χ3n) is 5.46. The summed E-state index contributed by atoms with van der Waals surface area (Å²) >= 11 is 20.6. The van der Waals surface area contributed by atoms with E-state index in [0.29, 0.717) is 21.0 Å². The smallest absolute Gasteiger partial charge is 0.168 e. The van der Waals surface area contributed by atoms with E-state index in [1.165, 1.54) is 19.3 Å². The number of hydrogen-bond acceptors (Lipinski definition) is 4. The minimum atomic E-state index is 0.521. The van der Waals surface area contributed by atoms with Gasteiger partial charge >= 0.3 is 0 Å². The van der Waals surface area contributed by atoms with E-state index in [2.05, 4.69) is 10.2 Å². The minimum absolute atomic E-state index is 0.521. The van der Waals surface area contributed by atoms with Crippen molar-refractivity contribution in [3.8, 4) is 27.6 Å². The van der Waals surface area contributed by atoms with Crippen LogP contribution in [0, 0.1) is 6.92 Å².